The Kier molecular flexibility index (Phi) is 3.05. The number of rotatable bonds is 1. The molecule has 0 radical (unpaired) electrons. The summed E-state index contributed by atoms with van der Waals surface area (Å²) in [5.74, 6) is 1.12. The van der Waals surface area contributed by atoms with Crippen LogP contribution in [0.25, 0.3) is 21.8 Å². The predicted molar refractivity (Wildman–Crippen MR) is 85.2 cm³/mol. The minimum absolute atomic E-state index is 1.07. The molecule has 0 bridgehead atoms. The summed E-state index contributed by atoms with van der Waals surface area (Å²) in [6.45, 7) is 0. The lowest BCUT2D eigenvalue weighted by molar-refractivity contribution is 1.20. The van der Waals surface area contributed by atoms with Crippen molar-refractivity contribution in [3.8, 4) is 21.8 Å². The number of fused-ring (bicyclic) bond motifs is 3. The second-order valence-corrected chi connectivity index (χ2v) is 6.85. The van der Waals surface area contributed by atoms with E-state index in [1.807, 2.05) is 24.0 Å². The quantitative estimate of drug-likeness (QED) is 0.660. The van der Waals surface area contributed by atoms with Gasteiger partial charge in [0.2, 0.25) is 0 Å². The first-order valence-corrected chi connectivity index (χ1v) is 8.34. The summed E-state index contributed by atoms with van der Waals surface area (Å²) in [5.41, 5.74) is 3.54. The van der Waals surface area contributed by atoms with Crippen LogP contribution in [-0.2, 0) is 6.42 Å². The Morgan fingerprint density at radius 1 is 1.05 bits per heavy atom. The van der Waals surface area contributed by atoms with Gasteiger partial charge in [0, 0.05) is 39.0 Å². The van der Waals surface area contributed by atoms with Gasteiger partial charge in [0.05, 0.1) is 5.69 Å². The van der Waals surface area contributed by atoms with Crippen molar-refractivity contribution in [2.45, 2.75) is 11.3 Å². The van der Waals surface area contributed by atoms with Crippen LogP contribution in [0.3, 0.4) is 0 Å². The van der Waals surface area contributed by atoms with Crippen molar-refractivity contribution in [3.63, 3.8) is 0 Å². The molecular weight excluding hydrogens is 284 g/mol. The fraction of sp³-hybridized carbons (Fsp3) is 0.125. The Labute approximate surface area is 125 Å². The zero-order valence-corrected chi connectivity index (χ0v) is 12.4. The second kappa shape index (κ2) is 5.04. The molecule has 1 aromatic carbocycles. The van der Waals surface area contributed by atoms with Gasteiger partial charge >= 0.3 is 0 Å². The fourth-order valence-corrected chi connectivity index (χ4v) is 4.60. The van der Waals surface area contributed by atoms with Gasteiger partial charge in [-0.3, -0.25) is 4.98 Å². The number of aryl methyl sites for hydroxylation is 1. The molecule has 0 saturated heterocycles. The fourth-order valence-electron chi connectivity index (χ4n) is 2.39. The Hall–Kier alpha value is -1.65. The molecule has 0 atom stereocenters. The maximum Gasteiger partial charge on any atom is 0.125 e. The minimum atomic E-state index is 1.07. The molecule has 98 valence electrons. The highest BCUT2D eigenvalue weighted by Gasteiger charge is 2.19. The Morgan fingerprint density at radius 2 is 2.00 bits per heavy atom. The van der Waals surface area contributed by atoms with Gasteiger partial charge in [0.15, 0.2) is 0 Å². The maximum atomic E-state index is 4.89. The SMILES string of the molecule is c1cncc(-c2nc3c(s2)CCSc2ccccc2-3)c1. The maximum absolute atomic E-state index is 4.89. The molecule has 0 spiro atoms. The van der Waals surface area contributed by atoms with Crippen molar-refractivity contribution in [1.82, 2.24) is 9.97 Å². The first-order valence-electron chi connectivity index (χ1n) is 6.54. The van der Waals surface area contributed by atoms with Crippen molar-refractivity contribution in [2.75, 3.05) is 5.75 Å². The molecule has 3 aromatic rings. The van der Waals surface area contributed by atoms with Gasteiger partial charge in [-0.2, -0.15) is 0 Å². The van der Waals surface area contributed by atoms with Crippen LogP contribution in [0.5, 0.6) is 0 Å². The highest BCUT2D eigenvalue weighted by atomic mass is 32.2. The number of hydrogen-bond acceptors (Lipinski definition) is 4. The average molecular weight is 296 g/mol. The van der Waals surface area contributed by atoms with Gasteiger partial charge in [0.1, 0.15) is 5.01 Å². The Balaban J connectivity index is 1.88. The number of nitrogens with zero attached hydrogens (tertiary/aromatic N) is 2. The second-order valence-electron chi connectivity index (χ2n) is 4.63. The van der Waals surface area contributed by atoms with Crippen LogP contribution in [0.15, 0.2) is 53.7 Å². The summed E-state index contributed by atoms with van der Waals surface area (Å²) in [7, 11) is 0. The average Bonchev–Trinajstić information content (AvgIpc) is 2.85. The summed E-state index contributed by atoms with van der Waals surface area (Å²) in [4.78, 5) is 11.8. The molecule has 2 aromatic heterocycles. The summed E-state index contributed by atoms with van der Waals surface area (Å²) in [6.07, 6.45) is 4.78. The highest BCUT2D eigenvalue weighted by Crippen LogP contribution is 2.41. The molecule has 0 unspecified atom stereocenters. The van der Waals surface area contributed by atoms with E-state index in [9.17, 15) is 0 Å². The molecule has 1 aliphatic rings. The van der Waals surface area contributed by atoms with E-state index in [0.717, 1.165) is 28.4 Å². The number of thioether (sulfide) groups is 1. The molecule has 1 aliphatic heterocycles. The number of hydrogen-bond donors (Lipinski definition) is 0. The van der Waals surface area contributed by atoms with Gasteiger partial charge < -0.3 is 0 Å². The van der Waals surface area contributed by atoms with E-state index in [4.69, 9.17) is 4.98 Å². The summed E-state index contributed by atoms with van der Waals surface area (Å²) >= 11 is 3.73. The highest BCUT2D eigenvalue weighted by molar-refractivity contribution is 7.99. The van der Waals surface area contributed by atoms with Crippen LogP contribution in [0.2, 0.25) is 0 Å². The van der Waals surface area contributed by atoms with Crippen molar-refractivity contribution < 1.29 is 0 Å². The van der Waals surface area contributed by atoms with Crippen molar-refractivity contribution >= 4 is 23.1 Å². The standard InChI is InChI=1S/C16H12N2S2/c1-2-6-13-12(5-1)15-14(7-9-19-13)20-16(18-15)11-4-3-8-17-10-11/h1-6,8,10H,7,9H2. The van der Waals surface area contributed by atoms with Crippen LogP contribution >= 0.6 is 23.1 Å². The lowest BCUT2D eigenvalue weighted by atomic mass is 10.1. The molecule has 4 rings (SSSR count). The van der Waals surface area contributed by atoms with Crippen LogP contribution in [0.1, 0.15) is 4.88 Å². The van der Waals surface area contributed by atoms with Gasteiger partial charge in [-0.15, -0.1) is 23.1 Å². The van der Waals surface area contributed by atoms with E-state index in [0.29, 0.717) is 0 Å². The lowest BCUT2D eigenvalue weighted by Crippen LogP contribution is -1.84. The number of aromatic nitrogens is 2. The van der Waals surface area contributed by atoms with E-state index in [1.165, 1.54) is 15.3 Å². The molecule has 0 N–H and O–H groups in total. The molecule has 0 saturated carbocycles. The topological polar surface area (TPSA) is 25.8 Å². The molecule has 20 heavy (non-hydrogen) atoms. The molecule has 0 amide bonds. The van der Waals surface area contributed by atoms with Gasteiger partial charge in [-0.25, -0.2) is 4.98 Å². The van der Waals surface area contributed by atoms with E-state index in [-0.39, 0.29) is 0 Å². The van der Waals surface area contributed by atoms with Crippen LogP contribution in [0.4, 0.5) is 0 Å². The lowest BCUT2D eigenvalue weighted by Gasteiger charge is -2.03. The zero-order chi connectivity index (χ0) is 13.4. The Morgan fingerprint density at radius 3 is 2.90 bits per heavy atom. The summed E-state index contributed by atoms with van der Waals surface area (Å²) < 4.78 is 0. The first kappa shape index (κ1) is 12.1. The molecule has 0 aliphatic carbocycles. The van der Waals surface area contributed by atoms with Crippen LogP contribution in [0, 0.1) is 0 Å². The molecular formula is C16H12N2S2. The smallest absolute Gasteiger partial charge is 0.125 e. The van der Waals surface area contributed by atoms with Crippen LogP contribution in [-0.4, -0.2) is 15.7 Å². The number of thiazole rings is 1. The van der Waals surface area contributed by atoms with Crippen molar-refractivity contribution in [3.05, 3.63) is 53.7 Å². The zero-order valence-electron chi connectivity index (χ0n) is 10.7. The van der Waals surface area contributed by atoms with E-state index in [2.05, 4.69) is 35.3 Å². The third kappa shape index (κ3) is 2.05. The van der Waals surface area contributed by atoms with Gasteiger partial charge in [0.25, 0.3) is 0 Å². The van der Waals surface area contributed by atoms with Gasteiger partial charge in [-0.05, 0) is 24.6 Å². The van der Waals surface area contributed by atoms with E-state index >= 15 is 0 Å². The number of pyridine rings is 1. The van der Waals surface area contributed by atoms with Crippen molar-refractivity contribution in [2.24, 2.45) is 0 Å². The van der Waals surface area contributed by atoms with Crippen LogP contribution < -0.4 is 0 Å². The minimum Gasteiger partial charge on any atom is -0.264 e. The molecule has 4 heteroatoms. The molecule has 0 fully saturated rings. The summed E-state index contributed by atoms with van der Waals surface area (Å²) in [5, 5.41) is 1.07. The molecule has 2 nitrogen and oxygen atoms in total. The first-order chi connectivity index (χ1) is 9.92. The third-order valence-electron chi connectivity index (χ3n) is 3.33. The monoisotopic (exact) mass is 296 g/mol. The van der Waals surface area contributed by atoms with Gasteiger partial charge in [-0.1, -0.05) is 18.2 Å². The number of benzene rings is 1. The predicted octanol–water partition coefficient (Wildman–Crippen LogP) is 4.52. The normalized spacial score (nSPS) is 13.4. The largest absolute Gasteiger partial charge is 0.264 e. The Bertz CT molecular complexity index is 750. The third-order valence-corrected chi connectivity index (χ3v) is 5.57. The molecule has 3 heterocycles. The van der Waals surface area contributed by atoms with E-state index in [1.54, 1.807) is 17.5 Å². The summed E-state index contributed by atoms with van der Waals surface area (Å²) in [6, 6.07) is 12.6. The van der Waals surface area contributed by atoms with E-state index < -0.39 is 0 Å². The van der Waals surface area contributed by atoms with Crippen molar-refractivity contribution in [1.29, 1.82) is 0 Å².